The standard InChI is InChI=1S/C38H74O/c1-5-9-11-13-15-16-18-22-28-34(32-38(39)35(26-7-3)27-8-4)29-23-19-17-21-25-31-37-33-36(37)30-24-20-14-12-10-6-2/h34-37H,5-33H2,1-4H3. The molecule has 0 N–H and O–H groups in total. The van der Waals surface area contributed by atoms with Gasteiger partial charge in [-0.25, -0.2) is 0 Å². The molecule has 1 fully saturated rings. The molecule has 0 aromatic carbocycles. The lowest BCUT2D eigenvalue weighted by Gasteiger charge is -2.20. The van der Waals surface area contributed by atoms with Gasteiger partial charge in [-0.05, 0) is 37.0 Å². The minimum atomic E-state index is 0.341. The fourth-order valence-corrected chi connectivity index (χ4v) is 7.10. The van der Waals surface area contributed by atoms with Gasteiger partial charge < -0.3 is 0 Å². The summed E-state index contributed by atoms with van der Waals surface area (Å²) < 4.78 is 0. The van der Waals surface area contributed by atoms with E-state index in [1.165, 1.54) is 148 Å². The Hall–Kier alpha value is -0.330. The van der Waals surface area contributed by atoms with Gasteiger partial charge in [-0.15, -0.1) is 0 Å². The molecule has 0 aromatic rings. The van der Waals surface area contributed by atoms with Crippen molar-refractivity contribution in [3.63, 3.8) is 0 Å². The van der Waals surface area contributed by atoms with Crippen LogP contribution in [0.4, 0.5) is 0 Å². The maximum atomic E-state index is 13.2. The highest BCUT2D eigenvalue weighted by molar-refractivity contribution is 5.81. The van der Waals surface area contributed by atoms with Crippen molar-refractivity contribution in [2.75, 3.05) is 0 Å². The van der Waals surface area contributed by atoms with Crippen molar-refractivity contribution in [3.8, 4) is 0 Å². The number of ketones is 1. The van der Waals surface area contributed by atoms with Crippen LogP contribution in [0.1, 0.15) is 214 Å². The van der Waals surface area contributed by atoms with Crippen LogP contribution in [-0.2, 0) is 4.79 Å². The van der Waals surface area contributed by atoms with Crippen LogP contribution >= 0.6 is 0 Å². The van der Waals surface area contributed by atoms with E-state index in [1.807, 2.05) is 0 Å². The molecule has 39 heavy (non-hydrogen) atoms. The van der Waals surface area contributed by atoms with Crippen LogP contribution in [0.2, 0.25) is 0 Å². The van der Waals surface area contributed by atoms with Crippen molar-refractivity contribution in [3.05, 3.63) is 0 Å². The van der Waals surface area contributed by atoms with Crippen LogP contribution in [0.15, 0.2) is 0 Å². The zero-order valence-corrected chi connectivity index (χ0v) is 27.7. The Morgan fingerprint density at radius 1 is 0.487 bits per heavy atom. The Morgan fingerprint density at radius 2 is 0.872 bits per heavy atom. The van der Waals surface area contributed by atoms with Gasteiger partial charge in [0, 0.05) is 12.3 Å². The van der Waals surface area contributed by atoms with Gasteiger partial charge in [0.1, 0.15) is 5.78 Å². The second-order valence-corrected chi connectivity index (χ2v) is 13.7. The van der Waals surface area contributed by atoms with E-state index in [2.05, 4.69) is 27.7 Å². The SMILES string of the molecule is CCCCCCCCCCC(CCCCCCCC1CC1CCCCCCCC)CC(=O)C(CCC)CCC. The maximum absolute atomic E-state index is 13.2. The van der Waals surface area contributed by atoms with Crippen molar-refractivity contribution < 1.29 is 4.79 Å². The van der Waals surface area contributed by atoms with Crippen LogP contribution < -0.4 is 0 Å². The van der Waals surface area contributed by atoms with Crippen LogP contribution in [0.5, 0.6) is 0 Å². The van der Waals surface area contributed by atoms with Gasteiger partial charge in [0.05, 0.1) is 0 Å². The molecule has 1 heteroatoms. The van der Waals surface area contributed by atoms with Crippen molar-refractivity contribution in [2.24, 2.45) is 23.7 Å². The lowest BCUT2D eigenvalue weighted by atomic mass is 9.84. The molecule has 1 aliphatic carbocycles. The second-order valence-electron chi connectivity index (χ2n) is 13.7. The molecule has 0 bridgehead atoms. The smallest absolute Gasteiger partial charge is 0.136 e. The molecule has 0 heterocycles. The number of carbonyl (C=O) groups is 1. The van der Waals surface area contributed by atoms with E-state index >= 15 is 0 Å². The van der Waals surface area contributed by atoms with E-state index in [9.17, 15) is 4.79 Å². The molecule has 3 atom stereocenters. The molecule has 1 aliphatic rings. The lowest BCUT2D eigenvalue weighted by molar-refractivity contribution is -0.124. The van der Waals surface area contributed by atoms with E-state index in [1.54, 1.807) is 6.42 Å². The van der Waals surface area contributed by atoms with Crippen molar-refractivity contribution in [1.29, 1.82) is 0 Å². The molecule has 0 spiro atoms. The molecular formula is C38H74O. The molecule has 1 saturated carbocycles. The number of unbranched alkanes of at least 4 members (excludes halogenated alkanes) is 16. The highest BCUT2D eigenvalue weighted by Crippen LogP contribution is 2.45. The molecule has 0 saturated heterocycles. The van der Waals surface area contributed by atoms with Crippen LogP contribution in [0.25, 0.3) is 0 Å². The average Bonchev–Trinajstić information content (AvgIpc) is 3.69. The van der Waals surface area contributed by atoms with Crippen LogP contribution in [-0.4, -0.2) is 5.78 Å². The van der Waals surface area contributed by atoms with Gasteiger partial charge in [-0.3, -0.25) is 4.79 Å². The number of carbonyl (C=O) groups excluding carboxylic acids is 1. The maximum Gasteiger partial charge on any atom is 0.136 e. The quantitative estimate of drug-likeness (QED) is 0.0790. The summed E-state index contributed by atoms with van der Waals surface area (Å²) in [5.74, 6) is 3.77. The molecule has 0 radical (unpaired) electrons. The van der Waals surface area contributed by atoms with E-state index in [0.29, 0.717) is 17.6 Å². The van der Waals surface area contributed by atoms with Crippen LogP contribution in [0, 0.1) is 23.7 Å². The van der Waals surface area contributed by atoms with E-state index in [-0.39, 0.29) is 0 Å². The largest absolute Gasteiger partial charge is 0.299 e. The first-order valence-corrected chi connectivity index (χ1v) is 18.7. The summed E-state index contributed by atoms with van der Waals surface area (Å²) in [5.41, 5.74) is 0. The summed E-state index contributed by atoms with van der Waals surface area (Å²) >= 11 is 0. The number of rotatable bonds is 31. The molecule has 0 aliphatic heterocycles. The zero-order valence-electron chi connectivity index (χ0n) is 27.7. The molecule has 1 nitrogen and oxygen atoms in total. The zero-order chi connectivity index (χ0) is 28.4. The van der Waals surface area contributed by atoms with E-state index in [4.69, 9.17) is 0 Å². The van der Waals surface area contributed by atoms with Gasteiger partial charge in [0.15, 0.2) is 0 Å². The number of hydrogen-bond donors (Lipinski definition) is 0. The predicted molar refractivity (Wildman–Crippen MR) is 176 cm³/mol. The van der Waals surface area contributed by atoms with Gasteiger partial charge in [-0.1, -0.05) is 188 Å². The van der Waals surface area contributed by atoms with Gasteiger partial charge in [-0.2, -0.15) is 0 Å². The van der Waals surface area contributed by atoms with E-state index in [0.717, 1.165) is 43.9 Å². The molecular weight excluding hydrogens is 472 g/mol. The van der Waals surface area contributed by atoms with Gasteiger partial charge >= 0.3 is 0 Å². The van der Waals surface area contributed by atoms with Crippen molar-refractivity contribution in [1.82, 2.24) is 0 Å². The molecule has 0 amide bonds. The first-order chi connectivity index (χ1) is 19.2. The highest BCUT2D eigenvalue weighted by atomic mass is 16.1. The Kier molecular flexibility index (Phi) is 25.0. The van der Waals surface area contributed by atoms with Crippen molar-refractivity contribution in [2.45, 2.75) is 214 Å². The number of hydrogen-bond acceptors (Lipinski definition) is 1. The van der Waals surface area contributed by atoms with Gasteiger partial charge in [0.2, 0.25) is 0 Å². The molecule has 0 aromatic heterocycles. The third-order valence-corrected chi connectivity index (χ3v) is 9.87. The summed E-state index contributed by atoms with van der Waals surface area (Å²) in [4.78, 5) is 13.2. The Bertz CT molecular complexity index is 519. The molecule has 232 valence electrons. The Balaban J connectivity index is 2.19. The third kappa shape index (κ3) is 21.1. The van der Waals surface area contributed by atoms with Gasteiger partial charge in [0.25, 0.3) is 0 Å². The second kappa shape index (κ2) is 26.6. The highest BCUT2D eigenvalue weighted by Gasteiger charge is 2.35. The average molecular weight is 547 g/mol. The molecule has 3 unspecified atom stereocenters. The molecule has 1 rings (SSSR count). The summed E-state index contributed by atoms with van der Waals surface area (Å²) in [6, 6.07) is 0. The summed E-state index contributed by atoms with van der Waals surface area (Å²) in [6.07, 6.45) is 39.5. The van der Waals surface area contributed by atoms with Crippen LogP contribution in [0.3, 0.4) is 0 Å². The minimum absolute atomic E-state index is 0.341. The Morgan fingerprint density at radius 3 is 1.28 bits per heavy atom. The summed E-state index contributed by atoms with van der Waals surface area (Å²) in [6.45, 7) is 9.10. The fourth-order valence-electron chi connectivity index (χ4n) is 7.10. The summed E-state index contributed by atoms with van der Waals surface area (Å²) in [5, 5.41) is 0. The van der Waals surface area contributed by atoms with Crippen molar-refractivity contribution >= 4 is 5.78 Å². The van der Waals surface area contributed by atoms with E-state index < -0.39 is 0 Å². The topological polar surface area (TPSA) is 17.1 Å². The number of Topliss-reactive ketones (excluding diaryl/α,β-unsaturated/α-hetero) is 1. The lowest BCUT2D eigenvalue weighted by Crippen LogP contribution is -2.18. The Labute approximate surface area is 247 Å². The fraction of sp³-hybridized carbons (Fsp3) is 0.974. The predicted octanol–water partition coefficient (Wildman–Crippen LogP) is 13.4. The minimum Gasteiger partial charge on any atom is -0.299 e. The third-order valence-electron chi connectivity index (χ3n) is 9.87. The first-order valence-electron chi connectivity index (χ1n) is 18.7. The monoisotopic (exact) mass is 547 g/mol. The first kappa shape index (κ1) is 36.7. The summed E-state index contributed by atoms with van der Waals surface area (Å²) in [7, 11) is 0. The normalized spacial score (nSPS) is 17.7.